The van der Waals surface area contributed by atoms with Crippen LogP contribution in [0.1, 0.15) is 89.6 Å². The molecule has 7 rings (SSSR count). The van der Waals surface area contributed by atoms with E-state index in [2.05, 4.69) is 72.3 Å². The molecule has 352 valence electrons. The number of hydrogen-bond donors (Lipinski definition) is 2. The molecule has 0 saturated carbocycles. The fraction of sp³-hybridized carbons (Fsp3) is 0.592. The van der Waals surface area contributed by atoms with E-state index in [0.717, 1.165) is 76.9 Å². The molecule has 4 aromatic rings. The van der Waals surface area contributed by atoms with Crippen LogP contribution >= 0.6 is 11.3 Å². The number of methoxy groups -OCH3 is 1. The normalized spacial score (nSPS) is 22.7. The molecule has 3 aromatic heterocycles. The molecule has 2 fully saturated rings. The van der Waals surface area contributed by atoms with Crippen LogP contribution in [0, 0.1) is 11.3 Å². The van der Waals surface area contributed by atoms with E-state index < -0.39 is 34.9 Å². The van der Waals surface area contributed by atoms with E-state index >= 15 is 0 Å². The summed E-state index contributed by atoms with van der Waals surface area (Å²) in [5.41, 5.74) is 8.59. The van der Waals surface area contributed by atoms with E-state index in [0.29, 0.717) is 44.0 Å². The molecular weight excluding hydrogens is 843 g/mol. The topological polar surface area (TPSA) is 154 Å². The number of ether oxygens (including phenoxy) is 2. The van der Waals surface area contributed by atoms with Crippen molar-refractivity contribution in [2.45, 2.75) is 116 Å². The number of carbonyl (C=O) groups is 4. The van der Waals surface area contributed by atoms with Gasteiger partial charge in [-0.05, 0) is 101 Å². The van der Waals surface area contributed by atoms with Gasteiger partial charge in [0.2, 0.25) is 5.91 Å². The summed E-state index contributed by atoms with van der Waals surface area (Å²) < 4.78 is 14.7. The van der Waals surface area contributed by atoms with Crippen LogP contribution in [0.5, 0.6) is 0 Å². The number of hydrogen-bond acceptors (Lipinski definition) is 11. The molecule has 0 unspecified atom stereocenters. The Bertz CT molecular complexity index is 2360. The monoisotopic (exact) mass is 912 g/mol. The van der Waals surface area contributed by atoms with Crippen molar-refractivity contribution in [2.75, 3.05) is 61.1 Å². The van der Waals surface area contributed by atoms with Crippen molar-refractivity contribution in [3.8, 4) is 22.5 Å². The lowest BCUT2D eigenvalue weighted by atomic mass is 9.84. The molecule has 3 aliphatic heterocycles. The minimum atomic E-state index is -1.16. The Balaban J connectivity index is 1.28. The van der Waals surface area contributed by atoms with Gasteiger partial charge >= 0.3 is 6.03 Å². The van der Waals surface area contributed by atoms with E-state index in [1.807, 2.05) is 38.4 Å². The predicted octanol–water partition coefficient (Wildman–Crippen LogP) is 6.35. The van der Waals surface area contributed by atoms with Gasteiger partial charge in [0, 0.05) is 86.9 Å². The third-order valence-electron chi connectivity index (χ3n) is 13.6. The molecular formula is C49H69N9O6S. The van der Waals surface area contributed by atoms with Gasteiger partial charge in [0.25, 0.3) is 5.91 Å². The Morgan fingerprint density at radius 2 is 1.92 bits per heavy atom. The molecule has 15 nitrogen and oxygen atoms in total. The van der Waals surface area contributed by atoms with Crippen LogP contribution in [0.25, 0.3) is 33.4 Å². The summed E-state index contributed by atoms with van der Waals surface area (Å²) in [5, 5.41) is 8.30. The van der Waals surface area contributed by atoms with Crippen LogP contribution in [0.2, 0.25) is 0 Å². The smallest absolute Gasteiger partial charge is 0.320 e. The zero-order chi connectivity index (χ0) is 46.8. The number of nitrogens with one attached hydrogen (secondary N) is 2. The quantitative estimate of drug-likeness (QED) is 0.163. The number of benzene rings is 1. The van der Waals surface area contributed by atoms with E-state index in [1.54, 1.807) is 26.1 Å². The molecule has 1 aromatic carbocycles. The lowest BCUT2D eigenvalue weighted by molar-refractivity contribution is -0.147. The Morgan fingerprint density at radius 1 is 1.14 bits per heavy atom. The highest BCUT2D eigenvalue weighted by Crippen LogP contribution is 2.42. The number of amides is 4. The van der Waals surface area contributed by atoms with E-state index in [-0.39, 0.29) is 37.1 Å². The Labute approximate surface area is 388 Å². The summed E-state index contributed by atoms with van der Waals surface area (Å²) in [6.45, 7) is 15.3. The number of rotatable bonds is 11. The summed E-state index contributed by atoms with van der Waals surface area (Å²) in [5.74, 6) is -1.09. The summed E-state index contributed by atoms with van der Waals surface area (Å²) in [7, 11) is 7.21. The average Bonchev–Trinajstić information content (AvgIpc) is 4.01. The lowest BCUT2D eigenvalue weighted by Crippen LogP contribution is -2.66. The van der Waals surface area contributed by atoms with Crippen LogP contribution < -0.4 is 10.7 Å². The van der Waals surface area contributed by atoms with Gasteiger partial charge in [0.15, 0.2) is 0 Å². The number of nitrogens with zero attached hydrogens (tertiary/aromatic N) is 7. The highest BCUT2D eigenvalue weighted by molar-refractivity contribution is 7.10. The first-order valence-electron chi connectivity index (χ1n) is 23.2. The molecule has 65 heavy (non-hydrogen) atoms. The molecule has 16 heteroatoms. The van der Waals surface area contributed by atoms with Gasteiger partial charge in [-0.25, -0.2) is 15.2 Å². The number of thiazole rings is 1. The van der Waals surface area contributed by atoms with Gasteiger partial charge in [-0.3, -0.25) is 19.6 Å². The van der Waals surface area contributed by atoms with Crippen LogP contribution in [-0.4, -0.2) is 143 Å². The largest absolute Gasteiger partial charge is 0.378 e. The Kier molecular flexibility index (Phi) is 14.8. The lowest BCUT2D eigenvalue weighted by Gasteiger charge is -2.42. The highest BCUT2D eigenvalue weighted by atomic mass is 32.1. The van der Waals surface area contributed by atoms with E-state index in [1.165, 1.54) is 21.2 Å². The standard InChI is InChI=1S/C49H69N9O6S/c1-11-57-40-18-17-33-23-36(40)37(44(57)35-16-12-20-50-42(35)32(4)63-10)25-48(5,6)29-64-30-49(28-59)19-14-22-58(53-49)46(61)38(24-41-51-39(33)27-65-41)52-45(60)43(31(2)3)56(9)47(62)55(8)26-34-15-13-21-54(34)7/h12,16-18,20,23,27-28,31-32,34,38,43,53H,11,13-15,19,21-22,24-26,29-30H2,1-10H3,(H,52,60)/t32-,34-,38-,43-,49-/m0/s1. The number of likely N-dealkylation sites (N-methyl/N-ethyl adjacent to an activating group) is 3. The molecule has 6 heterocycles. The second-order valence-corrected chi connectivity index (χ2v) is 20.5. The predicted molar refractivity (Wildman–Crippen MR) is 254 cm³/mol. The first-order chi connectivity index (χ1) is 31.0. The van der Waals surface area contributed by atoms with Crippen molar-refractivity contribution in [1.29, 1.82) is 0 Å². The maximum absolute atomic E-state index is 14.8. The number of pyridine rings is 1. The molecule has 0 spiro atoms. The van der Waals surface area contributed by atoms with Gasteiger partial charge in [-0.2, -0.15) is 0 Å². The second-order valence-electron chi connectivity index (χ2n) is 19.6. The Morgan fingerprint density at radius 3 is 2.62 bits per heavy atom. The third kappa shape index (κ3) is 10.2. The van der Waals surface area contributed by atoms with Crippen LogP contribution in [-0.2, 0) is 43.2 Å². The second kappa shape index (κ2) is 20.0. The molecule has 2 N–H and O–H groups in total. The van der Waals surface area contributed by atoms with E-state index in [4.69, 9.17) is 19.4 Å². The van der Waals surface area contributed by atoms with Crippen molar-refractivity contribution >= 4 is 46.4 Å². The number of aryl methyl sites for hydroxylation is 1. The van der Waals surface area contributed by atoms with Crippen LogP contribution in [0.15, 0.2) is 41.9 Å². The Hall–Kier alpha value is -4.74. The number of aromatic nitrogens is 3. The van der Waals surface area contributed by atoms with Crippen molar-refractivity contribution in [3.05, 3.63) is 58.2 Å². The van der Waals surface area contributed by atoms with Gasteiger partial charge in [-0.15, -0.1) is 11.3 Å². The SMILES string of the molecule is CCn1c(-c2cccnc2[C@H](C)OC)c2c3cc(ccc31)-c1csc(n1)C[C@H](NC(=O)[C@H](C(C)C)N(C)C(=O)N(C)C[C@@H]1CCCN1C)C(=O)N1CCC[C@](C=O)(COCC(C)(C)C2)N1. The summed E-state index contributed by atoms with van der Waals surface area (Å²) in [6.07, 6.45) is 6.31. The molecule has 3 aliphatic rings. The minimum Gasteiger partial charge on any atom is -0.378 e. The summed E-state index contributed by atoms with van der Waals surface area (Å²) in [6, 6.07) is 8.64. The molecule has 2 saturated heterocycles. The van der Waals surface area contributed by atoms with Crippen LogP contribution in [0.3, 0.4) is 0 Å². The molecule has 5 atom stereocenters. The first kappa shape index (κ1) is 48.2. The maximum Gasteiger partial charge on any atom is 0.320 e. The number of urea groups is 1. The van der Waals surface area contributed by atoms with Gasteiger partial charge in [-0.1, -0.05) is 33.8 Å². The van der Waals surface area contributed by atoms with Crippen molar-refractivity contribution in [1.82, 2.24) is 45.0 Å². The van der Waals surface area contributed by atoms with Crippen molar-refractivity contribution in [2.24, 2.45) is 11.3 Å². The molecule has 0 aliphatic carbocycles. The molecule has 0 radical (unpaired) electrons. The van der Waals surface area contributed by atoms with Crippen molar-refractivity contribution in [3.63, 3.8) is 0 Å². The summed E-state index contributed by atoms with van der Waals surface area (Å²) in [4.78, 5) is 71.6. The third-order valence-corrected chi connectivity index (χ3v) is 14.5. The van der Waals surface area contributed by atoms with Gasteiger partial charge in [0.05, 0.1) is 41.4 Å². The van der Waals surface area contributed by atoms with Gasteiger partial charge < -0.3 is 38.9 Å². The number of likely N-dealkylation sites (tertiary alicyclic amines) is 1. The van der Waals surface area contributed by atoms with Crippen molar-refractivity contribution < 1.29 is 28.7 Å². The summed E-state index contributed by atoms with van der Waals surface area (Å²) >= 11 is 1.43. The fourth-order valence-electron chi connectivity index (χ4n) is 10.1. The number of fused-ring (bicyclic) bond motifs is 6. The van der Waals surface area contributed by atoms with Gasteiger partial charge in [0.1, 0.15) is 23.9 Å². The number of hydrazine groups is 1. The number of carbonyl (C=O) groups excluding carboxylic acids is 4. The minimum absolute atomic E-state index is 0.0505. The van der Waals surface area contributed by atoms with E-state index in [9.17, 15) is 19.2 Å². The first-order valence-corrected chi connectivity index (χ1v) is 24.1. The highest BCUT2D eigenvalue weighted by Gasteiger charge is 2.42. The zero-order valence-electron chi connectivity index (χ0n) is 40.0. The maximum atomic E-state index is 14.8. The van der Waals surface area contributed by atoms with Crippen LogP contribution in [0.4, 0.5) is 4.79 Å². The molecule has 4 amide bonds. The number of aldehydes is 1. The fourth-order valence-corrected chi connectivity index (χ4v) is 10.9. The molecule has 6 bridgehead atoms. The zero-order valence-corrected chi connectivity index (χ0v) is 40.8. The average molecular weight is 912 g/mol.